The molecule has 6 heteroatoms. The van der Waals surface area contributed by atoms with Gasteiger partial charge in [-0.15, -0.1) is 11.8 Å². The Bertz CT molecular complexity index is 495. The molecule has 2 N–H and O–H groups in total. The van der Waals surface area contributed by atoms with E-state index in [0.717, 1.165) is 0 Å². The molecule has 18 heavy (non-hydrogen) atoms. The van der Waals surface area contributed by atoms with Crippen LogP contribution < -0.4 is 5.73 Å². The Labute approximate surface area is 110 Å². The van der Waals surface area contributed by atoms with Crippen LogP contribution >= 0.6 is 11.8 Å². The third-order valence-corrected chi connectivity index (χ3v) is 2.99. The first kappa shape index (κ1) is 14.3. The smallest absolute Gasteiger partial charge is 0.341 e. The minimum Gasteiger partial charge on any atom is -0.462 e. The highest BCUT2D eigenvalue weighted by molar-refractivity contribution is 7.99. The third-order valence-electron chi connectivity index (χ3n) is 1.98. The van der Waals surface area contributed by atoms with Crippen molar-refractivity contribution >= 4 is 23.5 Å². The number of hydrogen-bond donors (Lipinski definition) is 1. The maximum atomic E-state index is 11.6. The van der Waals surface area contributed by atoms with Crippen molar-refractivity contribution in [3.8, 4) is 6.07 Å². The molecule has 0 spiro atoms. The van der Waals surface area contributed by atoms with Gasteiger partial charge in [0.2, 0.25) is 0 Å². The van der Waals surface area contributed by atoms with Crippen molar-refractivity contribution in [1.82, 2.24) is 4.98 Å². The molecular weight excluding hydrogens is 250 g/mol. The molecule has 0 aliphatic carbocycles. The molecule has 1 heterocycles. The number of hydrogen-bond acceptors (Lipinski definition) is 6. The zero-order valence-corrected chi connectivity index (χ0v) is 11.4. The molecule has 0 unspecified atom stereocenters. The number of thioether (sulfide) groups is 1. The van der Waals surface area contributed by atoms with Gasteiger partial charge in [-0.1, -0.05) is 13.8 Å². The third kappa shape index (κ3) is 3.37. The Kier molecular flexibility index (Phi) is 4.98. The molecule has 0 bridgehead atoms. The van der Waals surface area contributed by atoms with E-state index in [-0.39, 0.29) is 23.2 Å². The number of carbonyl (C=O) groups excluding carboxylic acids is 1. The molecule has 0 aliphatic heterocycles. The van der Waals surface area contributed by atoms with Crippen molar-refractivity contribution in [3.05, 3.63) is 17.2 Å². The summed E-state index contributed by atoms with van der Waals surface area (Å²) in [6.07, 6.45) is 0. The van der Waals surface area contributed by atoms with E-state index in [0.29, 0.717) is 10.6 Å². The van der Waals surface area contributed by atoms with E-state index in [9.17, 15) is 4.79 Å². The number of aromatic nitrogens is 1. The van der Waals surface area contributed by atoms with Crippen LogP contribution in [-0.4, -0.2) is 22.8 Å². The topological polar surface area (TPSA) is 89.0 Å². The Balaban J connectivity index is 3.19. The van der Waals surface area contributed by atoms with Gasteiger partial charge in [0.05, 0.1) is 12.2 Å². The second-order valence-corrected chi connectivity index (χ2v) is 5.34. The molecule has 0 radical (unpaired) electrons. The lowest BCUT2D eigenvalue weighted by molar-refractivity contribution is 0.0527. The molecule has 0 saturated carbocycles. The fourth-order valence-electron chi connectivity index (χ4n) is 1.28. The number of nitrogen functional groups attached to an aromatic ring is 1. The van der Waals surface area contributed by atoms with Crippen LogP contribution in [-0.2, 0) is 4.74 Å². The van der Waals surface area contributed by atoms with Crippen LogP contribution in [0.2, 0.25) is 0 Å². The molecule has 0 aromatic carbocycles. The van der Waals surface area contributed by atoms with Crippen LogP contribution in [0.4, 0.5) is 5.82 Å². The van der Waals surface area contributed by atoms with E-state index >= 15 is 0 Å². The van der Waals surface area contributed by atoms with Gasteiger partial charge in [-0.2, -0.15) is 5.26 Å². The van der Waals surface area contributed by atoms with E-state index in [1.807, 2.05) is 19.9 Å². The lowest BCUT2D eigenvalue weighted by atomic mass is 10.2. The van der Waals surface area contributed by atoms with Crippen LogP contribution in [0.3, 0.4) is 0 Å². The molecule has 0 aliphatic rings. The van der Waals surface area contributed by atoms with E-state index in [4.69, 9.17) is 15.7 Å². The van der Waals surface area contributed by atoms with Crippen molar-refractivity contribution in [1.29, 1.82) is 5.26 Å². The number of anilines is 1. The highest BCUT2D eigenvalue weighted by Crippen LogP contribution is 2.27. The molecule has 0 saturated heterocycles. The molecule has 96 valence electrons. The summed E-state index contributed by atoms with van der Waals surface area (Å²) in [5.74, 6) is -0.462. The number of nitrogens with zero attached hydrogens (tertiary/aromatic N) is 2. The Hall–Kier alpha value is -1.74. The second kappa shape index (κ2) is 6.26. The van der Waals surface area contributed by atoms with Crippen LogP contribution in [0.5, 0.6) is 0 Å². The number of ether oxygens (including phenoxy) is 1. The second-order valence-electron chi connectivity index (χ2n) is 3.77. The maximum absolute atomic E-state index is 11.6. The highest BCUT2D eigenvalue weighted by atomic mass is 32.2. The number of nitrogens with two attached hydrogens (primary N) is 1. The lowest BCUT2D eigenvalue weighted by Crippen LogP contribution is -2.11. The first-order valence-electron chi connectivity index (χ1n) is 5.54. The summed E-state index contributed by atoms with van der Waals surface area (Å²) in [7, 11) is 0. The predicted octanol–water partition coefficient (Wildman–Crippen LogP) is 2.21. The molecule has 0 fully saturated rings. The van der Waals surface area contributed by atoms with Gasteiger partial charge < -0.3 is 10.5 Å². The van der Waals surface area contributed by atoms with E-state index in [1.54, 1.807) is 6.92 Å². The number of nitriles is 1. The molecule has 0 atom stereocenters. The Morgan fingerprint density at radius 1 is 1.67 bits per heavy atom. The molecule has 5 nitrogen and oxygen atoms in total. The van der Waals surface area contributed by atoms with Crippen LogP contribution in [0, 0.1) is 11.3 Å². The summed E-state index contributed by atoms with van der Waals surface area (Å²) in [5.41, 5.74) is 6.20. The maximum Gasteiger partial charge on any atom is 0.341 e. The number of carbonyl (C=O) groups is 1. The van der Waals surface area contributed by atoms with Crippen LogP contribution in [0.25, 0.3) is 0 Å². The molecule has 1 aromatic heterocycles. The first-order chi connectivity index (χ1) is 8.49. The Morgan fingerprint density at radius 2 is 2.33 bits per heavy atom. The molecule has 1 aromatic rings. The van der Waals surface area contributed by atoms with Crippen LogP contribution in [0.1, 0.15) is 36.7 Å². The minimum atomic E-state index is -0.555. The number of rotatable bonds is 4. The monoisotopic (exact) mass is 265 g/mol. The van der Waals surface area contributed by atoms with Gasteiger partial charge in [-0.05, 0) is 13.0 Å². The normalized spacial score (nSPS) is 10.2. The largest absolute Gasteiger partial charge is 0.462 e. The number of esters is 1. The van der Waals surface area contributed by atoms with Gasteiger partial charge in [0.1, 0.15) is 22.5 Å². The summed E-state index contributed by atoms with van der Waals surface area (Å²) >= 11 is 1.43. The fourth-order valence-corrected chi connectivity index (χ4v) is 2.10. The SMILES string of the molecule is CCOC(=O)c1cc(C#N)c(SC(C)C)nc1N. The lowest BCUT2D eigenvalue weighted by Gasteiger charge is -2.10. The van der Waals surface area contributed by atoms with Crippen molar-refractivity contribution in [2.45, 2.75) is 31.0 Å². The fraction of sp³-hybridized carbons (Fsp3) is 0.417. The zero-order chi connectivity index (χ0) is 13.7. The van der Waals surface area contributed by atoms with Gasteiger partial charge in [0.15, 0.2) is 0 Å². The molecule has 1 rings (SSSR count). The summed E-state index contributed by atoms with van der Waals surface area (Å²) in [6, 6.07) is 3.45. The molecule has 0 amide bonds. The van der Waals surface area contributed by atoms with Gasteiger partial charge in [0.25, 0.3) is 0 Å². The average Bonchev–Trinajstić information content (AvgIpc) is 2.28. The first-order valence-corrected chi connectivity index (χ1v) is 6.42. The average molecular weight is 265 g/mol. The van der Waals surface area contributed by atoms with E-state index < -0.39 is 5.97 Å². The van der Waals surface area contributed by atoms with Crippen molar-refractivity contribution < 1.29 is 9.53 Å². The predicted molar refractivity (Wildman–Crippen MR) is 70.3 cm³/mol. The quantitative estimate of drug-likeness (QED) is 0.663. The van der Waals surface area contributed by atoms with E-state index in [1.165, 1.54) is 17.8 Å². The summed E-state index contributed by atoms with van der Waals surface area (Å²) in [5, 5.41) is 9.88. The van der Waals surface area contributed by atoms with Gasteiger partial charge in [-0.25, -0.2) is 9.78 Å². The van der Waals surface area contributed by atoms with Crippen molar-refractivity contribution in [2.24, 2.45) is 0 Å². The van der Waals surface area contributed by atoms with Crippen molar-refractivity contribution in [3.63, 3.8) is 0 Å². The number of pyridine rings is 1. The highest BCUT2D eigenvalue weighted by Gasteiger charge is 2.17. The van der Waals surface area contributed by atoms with Crippen LogP contribution in [0.15, 0.2) is 11.1 Å². The summed E-state index contributed by atoms with van der Waals surface area (Å²) in [6.45, 7) is 5.93. The van der Waals surface area contributed by atoms with Crippen molar-refractivity contribution in [2.75, 3.05) is 12.3 Å². The summed E-state index contributed by atoms with van der Waals surface area (Å²) in [4.78, 5) is 15.7. The van der Waals surface area contributed by atoms with Gasteiger partial charge >= 0.3 is 5.97 Å². The zero-order valence-electron chi connectivity index (χ0n) is 10.6. The standard InChI is InChI=1S/C12H15N3O2S/c1-4-17-12(16)9-5-8(6-13)11(15-10(9)14)18-7(2)3/h5,7H,4H2,1-3H3,(H2,14,15). The molecular formula is C12H15N3O2S. The van der Waals surface area contributed by atoms with Gasteiger partial charge in [-0.3, -0.25) is 0 Å². The van der Waals surface area contributed by atoms with E-state index in [2.05, 4.69) is 4.98 Å². The van der Waals surface area contributed by atoms with Gasteiger partial charge in [0, 0.05) is 5.25 Å². The minimum absolute atomic E-state index is 0.0931. The Morgan fingerprint density at radius 3 is 2.83 bits per heavy atom. The summed E-state index contributed by atoms with van der Waals surface area (Å²) < 4.78 is 4.85.